The fraction of sp³-hybridized carbons (Fsp3) is 0.286. The van der Waals surface area contributed by atoms with E-state index in [9.17, 15) is 4.79 Å². The smallest absolute Gasteiger partial charge is 0.253 e. The van der Waals surface area contributed by atoms with E-state index in [2.05, 4.69) is 26.3 Å². The van der Waals surface area contributed by atoms with Gasteiger partial charge in [0.15, 0.2) is 0 Å². The number of rotatable bonds is 3. The number of carbonyl (C=O) groups is 1. The molecule has 0 saturated heterocycles. The largest absolute Gasteiger partial charge is 0.399 e. The number of nitrogens with one attached hydrogen (secondary N) is 1. The second-order valence-corrected chi connectivity index (χ2v) is 5.33. The molecule has 1 aromatic carbocycles. The number of carbonyl (C=O) groups excluding carboxylic acids is 1. The number of nitrogens with two attached hydrogens (primary N) is 1. The number of amides is 1. The number of aryl methyl sites for hydroxylation is 1. The molecule has 20 heavy (non-hydrogen) atoms. The number of nitrogen functional groups attached to an aromatic ring is 1. The molecule has 1 amide bonds. The van der Waals surface area contributed by atoms with E-state index in [4.69, 9.17) is 5.73 Å². The molecule has 0 aliphatic carbocycles. The van der Waals surface area contributed by atoms with Gasteiger partial charge in [-0.2, -0.15) is 5.10 Å². The van der Waals surface area contributed by atoms with Gasteiger partial charge in [0.2, 0.25) is 0 Å². The van der Waals surface area contributed by atoms with Gasteiger partial charge >= 0.3 is 0 Å². The van der Waals surface area contributed by atoms with Crippen LogP contribution in [0.25, 0.3) is 5.69 Å². The van der Waals surface area contributed by atoms with Crippen molar-refractivity contribution in [3.05, 3.63) is 39.6 Å². The third kappa shape index (κ3) is 2.56. The van der Waals surface area contributed by atoms with E-state index >= 15 is 0 Å². The summed E-state index contributed by atoms with van der Waals surface area (Å²) >= 11 is 3.49. The molecule has 1 aromatic heterocycles. The first-order valence-corrected chi connectivity index (χ1v) is 7.14. The van der Waals surface area contributed by atoms with Gasteiger partial charge in [-0.1, -0.05) is 0 Å². The SMILES string of the molecule is CCNC(=O)c1ccc(N)cc1-n1nc(C)c(Br)c1C. The Morgan fingerprint density at radius 2 is 2.15 bits per heavy atom. The van der Waals surface area contributed by atoms with Crippen LogP contribution in [0.15, 0.2) is 22.7 Å². The van der Waals surface area contributed by atoms with Crippen molar-refractivity contribution < 1.29 is 4.79 Å². The minimum atomic E-state index is -0.133. The molecular weight excluding hydrogens is 320 g/mol. The number of hydrogen-bond acceptors (Lipinski definition) is 3. The summed E-state index contributed by atoms with van der Waals surface area (Å²) < 4.78 is 2.67. The van der Waals surface area contributed by atoms with Gasteiger partial charge in [-0.3, -0.25) is 4.79 Å². The number of aromatic nitrogens is 2. The van der Waals surface area contributed by atoms with E-state index in [1.54, 1.807) is 22.9 Å². The zero-order valence-electron chi connectivity index (χ0n) is 11.7. The van der Waals surface area contributed by atoms with Crippen molar-refractivity contribution in [2.24, 2.45) is 0 Å². The molecule has 0 fully saturated rings. The predicted octanol–water partition coefficient (Wildman–Crippen LogP) is 2.58. The first-order chi connectivity index (χ1) is 9.45. The van der Waals surface area contributed by atoms with Crippen molar-refractivity contribution in [2.75, 3.05) is 12.3 Å². The van der Waals surface area contributed by atoms with Gasteiger partial charge in [0, 0.05) is 12.2 Å². The average molecular weight is 337 g/mol. The van der Waals surface area contributed by atoms with Crippen molar-refractivity contribution in [1.29, 1.82) is 0 Å². The Bertz CT molecular complexity index is 663. The van der Waals surface area contributed by atoms with Crippen LogP contribution in [0.1, 0.15) is 28.7 Å². The molecule has 5 nitrogen and oxygen atoms in total. The lowest BCUT2D eigenvalue weighted by molar-refractivity contribution is 0.0955. The van der Waals surface area contributed by atoms with Gasteiger partial charge in [-0.05, 0) is 54.9 Å². The Kier molecular flexibility index (Phi) is 4.13. The minimum Gasteiger partial charge on any atom is -0.399 e. The molecule has 2 rings (SSSR count). The summed E-state index contributed by atoms with van der Waals surface area (Å²) in [5.41, 5.74) is 9.48. The van der Waals surface area contributed by atoms with Crippen molar-refractivity contribution >= 4 is 27.5 Å². The number of halogens is 1. The summed E-state index contributed by atoms with van der Waals surface area (Å²) in [6, 6.07) is 5.20. The van der Waals surface area contributed by atoms with Crippen LogP contribution in [0.3, 0.4) is 0 Å². The summed E-state index contributed by atoms with van der Waals surface area (Å²) in [4.78, 5) is 12.1. The Morgan fingerprint density at radius 3 is 2.70 bits per heavy atom. The quantitative estimate of drug-likeness (QED) is 0.846. The lowest BCUT2D eigenvalue weighted by atomic mass is 10.1. The highest BCUT2D eigenvalue weighted by Crippen LogP contribution is 2.26. The van der Waals surface area contributed by atoms with Gasteiger partial charge in [-0.15, -0.1) is 0 Å². The molecule has 1 heterocycles. The standard InChI is InChI=1S/C14H17BrN4O/c1-4-17-14(20)11-6-5-10(16)7-12(11)19-9(3)13(15)8(2)18-19/h5-7H,4,16H2,1-3H3,(H,17,20). The molecule has 0 bridgehead atoms. The monoisotopic (exact) mass is 336 g/mol. The summed E-state index contributed by atoms with van der Waals surface area (Å²) in [7, 11) is 0. The molecular formula is C14H17BrN4O. The summed E-state index contributed by atoms with van der Waals surface area (Å²) in [5.74, 6) is -0.133. The third-order valence-corrected chi connectivity index (χ3v) is 4.18. The zero-order chi connectivity index (χ0) is 14.9. The highest BCUT2D eigenvalue weighted by atomic mass is 79.9. The summed E-state index contributed by atoms with van der Waals surface area (Å²) in [5, 5.41) is 7.26. The lowest BCUT2D eigenvalue weighted by Crippen LogP contribution is -2.24. The Hall–Kier alpha value is -1.82. The second-order valence-electron chi connectivity index (χ2n) is 4.53. The topological polar surface area (TPSA) is 72.9 Å². The van der Waals surface area contributed by atoms with Crippen molar-refractivity contribution in [2.45, 2.75) is 20.8 Å². The highest BCUT2D eigenvalue weighted by molar-refractivity contribution is 9.10. The maximum Gasteiger partial charge on any atom is 0.253 e. The zero-order valence-corrected chi connectivity index (χ0v) is 13.3. The number of benzene rings is 1. The molecule has 0 radical (unpaired) electrons. The molecule has 106 valence electrons. The molecule has 0 unspecified atom stereocenters. The van der Waals surface area contributed by atoms with E-state index in [1.807, 2.05) is 20.8 Å². The third-order valence-electron chi connectivity index (χ3n) is 3.03. The Morgan fingerprint density at radius 1 is 1.45 bits per heavy atom. The fourth-order valence-electron chi connectivity index (χ4n) is 2.03. The number of hydrogen-bond donors (Lipinski definition) is 2. The first kappa shape index (κ1) is 14.6. The molecule has 0 aliphatic rings. The van der Waals surface area contributed by atoms with Crippen LogP contribution in [0, 0.1) is 13.8 Å². The van der Waals surface area contributed by atoms with Gasteiger partial charge in [-0.25, -0.2) is 4.68 Å². The lowest BCUT2D eigenvalue weighted by Gasteiger charge is -2.12. The van der Waals surface area contributed by atoms with E-state index in [0.29, 0.717) is 23.5 Å². The number of anilines is 1. The summed E-state index contributed by atoms with van der Waals surface area (Å²) in [6.45, 7) is 6.30. The van der Waals surface area contributed by atoms with Gasteiger partial charge < -0.3 is 11.1 Å². The normalized spacial score (nSPS) is 10.6. The fourth-order valence-corrected chi connectivity index (χ4v) is 2.28. The first-order valence-electron chi connectivity index (χ1n) is 6.35. The molecule has 3 N–H and O–H groups in total. The maximum atomic E-state index is 12.1. The molecule has 0 spiro atoms. The van der Waals surface area contributed by atoms with Gasteiger partial charge in [0.05, 0.1) is 27.1 Å². The van der Waals surface area contributed by atoms with Crippen LogP contribution in [0.5, 0.6) is 0 Å². The van der Waals surface area contributed by atoms with E-state index in [1.165, 1.54) is 0 Å². The molecule has 0 atom stereocenters. The van der Waals surface area contributed by atoms with Gasteiger partial charge in [0.25, 0.3) is 5.91 Å². The van der Waals surface area contributed by atoms with Crippen LogP contribution in [-0.2, 0) is 0 Å². The van der Waals surface area contributed by atoms with Gasteiger partial charge in [0.1, 0.15) is 0 Å². The van der Waals surface area contributed by atoms with Crippen molar-refractivity contribution in [3.63, 3.8) is 0 Å². The average Bonchev–Trinajstić information content (AvgIpc) is 2.66. The molecule has 0 aliphatic heterocycles. The van der Waals surface area contributed by atoms with Crippen molar-refractivity contribution in [1.82, 2.24) is 15.1 Å². The molecule has 2 aromatic rings. The summed E-state index contributed by atoms with van der Waals surface area (Å²) in [6.07, 6.45) is 0. The van der Waals surface area contributed by atoms with E-state index in [0.717, 1.165) is 15.9 Å². The minimum absolute atomic E-state index is 0.133. The molecule has 6 heteroatoms. The van der Waals surface area contributed by atoms with Crippen molar-refractivity contribution in [3.8, 4) is 5.69 Å². The number of nitrogens with zero attached hydrogens (tertiary/aromatic N) is 2. The predicted molar refractivity (Wildman–Crippen MR) is 83.2 cm³/mol. The van der Waals surface area contributed by atoms with Crippen LogP contribution < -0.4 is 11.1 Å². The van der Waals surface area contributed by atoms with Crippen LogP contribution in [-0.4, -0.2) is 22.2 Å². The highest BCUT2D eigenvalue weighted by Gasteiger charge is 2.17. The van der Waals surface area contributed by atoms with Crippen LogP contribution >= 0.6 is 15.9 Å². The molecule has 0 saturated carbocycles. The second kappa shape index (κ2) is 5.66. The maximum absolute atomic E-state index is 12.1. The Balaban J connectivity index is 2.62. The Labute approximate surface area is 126 Å². The van der Waals surface area contributed by atoms with E-state index in [-0.39, 0.29) is 5.91 Å². The van der Waals surface area contributed by atoms with Crippen LogP contribution in [0.4, 0.5) is 5.69 Å². The van der Waals surface area contributed by atoms with E-state index < -0.39 is 0 Å². The van der Waals surface area contributed by atoms with Crippen LogP contribution in [0.2, 0.25) is 0 Å².